The largest absolute Gasteiger partial charge is 0.387 e. The number of hydrogen-bond acceptors (Lipinski definition) is 4. The summed E-state index contributed by atoms with van der Waals surface area (Å²) >= 11 is 1.54. The lowest BCUT2D eigenvalue weighted by Crippen LogP contribution is -2.48. The Morgan fingerprint density at radius 1 is 1.59 bits per heavy atom. The molecule has 1 aromatic heterocycles. The van der Waals surface area contributed by atoms with E-state index >= 15 is 0 Å². The molecule has 6 heteroatoms. The van der Waals surface area contributed by atoms with Gasteiger partial charge in [-0.2, -0.15) is 11.3 Å². The molecular formula is C16H27N3O2S. The first-order chi connectivity index (χ1) is 10.5. The van der Waals surface area contributed by atoms with E-state index in [0.29, 0.717) is 0 Å². The van der Waals surface area contributed by atoms with E-state index in [9.17, 15) is 9.90 Å². The number of urea groups is 1. The van der Waals surface area contributed by atoms with E-state index in [-0.39, 0.29) is 18.6 Å². The highest BCUT2D eigenvalue weighted by atomic mass is 32.1. The van der Waals surface area contributed by atoms with Crippen molar-refractivity contribution in [2.45, 2.75) is 38.8 Å². The quantitative estimate of drug-likeness (QED) is 0.751. The first-order valence-electron chi connectivity index (χ1n) is 8.01. The van der Waals surface area contributed by atoms with Crippen molar-refractivity contribution in [2.24, 2.45) is 5.92 Å². The molecule has 2 heterocycles. The number of aliphatic hydroxyl groups excluding tert-OH is 1. The monoisotopic (exact) mass is 325 g/mol. The standard InChI is InChI=1S/C16H27N3O2S/c1-12-4-3-6-19(9-12)10-13(2)18-16(21)17-8-15(20)14-5-7-22-11-14/h5,7,11-13,15,20H,3-4,6,8-10H2,1-2H3,(H2,17,18,21). The Morgan fingerprint density at radius 3 is 3.09 bits per heavy atom. The van der Waals surface area contributed by atoms with Crippen molar-refractivity contribution in [1.29, 1.82) is 0 Å². The fourth-order valence-electron chi connectivity index (χ4n) is 2.93. The number of piperidine rings is 1. The summed E-state index contributed by atoms with van der Waals surface area (Å²) in [6.07, 6.45) is 1.90. The number of likely N-dealkylation sites (tertiary alicyclic amines) is 1. The highest BCUT2D eigenvalue weighted by Crippen LogP contribution is 2.16. The Kier molecular flexibility index (Phi) is 6.67. The first kappa shape index (κ1) is 17.2. The number of carbonyl (C=O) groups excluding carboxylic acids is 1. The zero-order valence-corrected chi connectivity index (χ0v) is 14.2. The molecule has 0 aliphatic carbocycles. The molecule has 0 aromatic carbocycles. The average Bonchev–Trinajstić information content (AvgIpc) is 2.98. The van der Waals surface area contributed by atoms with Crippen LogP contribution in [0.2, 0.25) is 0 Å². The average molecular weight is 325 g/mol. The lowest BCUT2D eigenvalue weighted by atomic mass is 10.00. The third-order valence-electron chi connectivity index (χ3n) is 4.03. The highest BCUT2D eigenvalue weighted by Gasteiger charge is 2.19. The molecule has 3 unspecified atom stereocenters. The second kappa shape index (κ2) is 8.50. The topological polar surface area (TPSA) is 64.6 Å². The molecule has 3 atom stereocenters. The highest BCUT2D eigenvalue weighted by molar-refractivity contribution is 7.07. The Bertz CT molecular complexity index is 452. The van der Waals surface area contributed by atoms with Gasteiger partial charge in [-0.15, -0.1) is 0 Å². The predicted molar refractivity (Wildman–Crippen MR) is 90.1 cm³/mol. The molecule has 5 nitrogen and oxygen atoms in total. The summed E-state index contributed by atoms with van der Waals surface area (Å²) in [7, 11) is 0. The Balaban J connectivity index is 1.65. The molecule has 1 aromatic rings. The van der Waals surface area contributed by atoms with Crippen LogP contribution in [0.4, 0.5) is 4.79 Å². The molecule has 3 N–H and O–H groups in total. The molecular weight excluding hydrogens is 298 g/mol. The minimum absolute atomic E-state index is 0.101. The Labute approximate surface area is 136 Å². The Morgan fingerprint density at radius 2 is 2.41 bits per heavy atom. The zero-order chi connectivity index (χ0) is 15.9. The second-order valence-electron chi connectivity index (χ2n) is 6.33. The van der Waals surface area contributed by atoms with Crippen LogP contribution >= 0.6 is 11.3 Å². The number of aliphatic hydroxyl groups is 1. The Hall–Kier alpha value is -1.11. The fraction of sp³-hybridized carbons (Fsp3) is 0.688. The molecule has 22 heavy (non-hydrogen) atoms. The maximum Gasteiger partial charge on any atom is 0.315 e. The number of amides is 2. The molecule has 124 valence electrons. The van der Waals surface area contributed by atoms with Crippen LogP contribution < -0.4 is 10.6 Å². The molecule has 0 spiro atoms. The van der Waals surface area contributed by atoms with Crippen molar-refractivity contribution in [3.05, 3.63) is 22.4 Å². The minimum Gasteiger partial charge on any atom is -0.387 e. The number of carbonyl (C=O) groups is 1. The summed E-state index contributed by atoms with van der Waals surface area (Å²) in [6, 6.07) is 1.75. The third kappa shape index (κ3) is 5.59. The number of hydrogen-bond donors (Lipinski definition) is 3. The lowest BCUT2D eigenvalue weighted by Gasteiger charge is -2.32. The van der Waals surface area contributed by atoms with Gasteiger partial charge in [-0.3, -0.25) is 0 Å². The molecule has 0 radical (unpaired) electrons. The van der Waals surface area contributed by atoms with Gasteiger partial charge in [0.05, 0.1) is 6.10 Å². The minimum atomic E-state index is -0.643. The maximum absolute atomic E-state index is 11.9. The van der Waals surface area contributed by atoms with Crippen molar-refractivity contribution >= 4 is 17.4 Å². The van der Waals surface area contributed by atoms with Crippen molar-refractivity contribution < 1.29 is 9.90 Å². The van der Waals surface area contributed by atoms with Gasteiger partial charge in [0.1, 0.15) is 0 Å². The number of nitrogens with zero attached hydrogens (tertiary/aromatic N) is 1. The van der Waals surface area contributed by atoms with E-state index in [1.807, 2.05) is 23.8 Å². The van der Waals surface area contributed by atoms with Gasteiger partial charge < -0.3 is 20.6 Å². The van der Waals surface area contributed by atoms with Crippen LogP contribution in [0.15, 0.2) is 16.8 Å². The van der Waals surface area contributed by atoms with Crippen molar-refractivity contribution in [2.75, 3.05) is 26.2 Å². The van der Waals surface area contributed by atoms with Gasteiger partial charge in [0.2, 0.25) is 0 Å². The van der Waals surface area contributed by atoms with Crippen molar-refractivity contribution in [3.8, 4) is 0 Å². The van der Waals surface area contributed by atoms with Gasteiger partial charge in [-0.25, -0.2) is 4.79 Å². The normalized spacial score (nSPS) is 22.0. The predicted octanol–water partition coefficient (Wildman–Crippen LogP) is 2.20. The molecule has 2 amide bonds. The van der Waals surface area contributed by atoms with Crippen molar-refractivity contribution in [3.63, 3.8) is 0 Å². The molecule has 2 rings (SSSR count). The van der Waals surface area contributed by atoms with Gasteiger partial charge in [-0.05, 0) is 54.6 Å². The van der Waals surface area contributed by atoms with Crippen LogP contribution in [0.3, 0.4) is 0 Å². The van der Waals surface area contributed by atoms with E-state index in [4.69, 9.17) is 0 Å². The van der Waals surface area contributed by atoms with Crippen LogP contribution in [-0.4, -0.2) is 48.3 Å². The molecule has 1 fully saturated rings. The van der Waals surface area contributed by atoms with Gasteiger partial charge in [0.15, 0.2) is 0 Å². The summed E-state index contributed by atoms with van der Waals surface area (Å²) in [4.78, 5) is 14.3. The second-order valence-corrected chi connectivity index (χ2v) is 7.11. The molecule has 1 saturated heterocycles. The van der Waals surface area contributed by atoms with Crippen LogP contribution in [0.1, 0.15) is 38.4 Å². The van der Waals surface area contributed by atoms with Crippen LogP contribution in [0, 0.1) is 5.92 Å². The van der Waals surface area contributed by atoms with Crippen molar-refractivity contribution in [1.82, 2.24) is 15.5 Å². The van der Waals surface area contributed by atoms with E-state index in [2.05, 4.69) is 22.5 Å². The van der Waals surface area contributed by atoms with Gasteiger partial charge in [-0.1, -0.05) is 6.92 Å². The number of thiophene rings is 1. The summed E-state index contributed by atoms with van der Waals surface area (Å²) in [6.45, 7) is 7.65. The van der Waals surface area contributed by atoms with Gasteiger partial charge >= 0.3 is 6.03 Å². The van der Waals surface area contributed by atoms with Crippen LogP contribution in [0.25, 0.3) is 0 Å². The van der Waals surface area contributed by atoms with Crippen LogP contribution in [-0.2, 0) is 0 Å². The first-order valence-corrected chi connectivity index (χ1v) is 8.95. The zero-order valence-electron chi connectivity index (χ0n) is 13.4. The van der Waals surface area contributed by atoms with Crippen LogP contribution in [0.5, 0.6) is 0 Å². The maximum atomic E-state index is 11.9. The number of rotatable bonds is 6. The van der Waals surface area contributed by atoms with Gasteiger partial charge in [0, 0.05) is 25.7 Å². The molecule has 0 bridgehead atoms. The molecule has 1 aliphatic rings. The van der Waals surface area contributed by atoms with E-state index in [0.717, 1.165) is 31.1 Å². The summed E-state index contributed by atoms with van der Waals surface area (Å²) < 4.78 is 0. The smallest absolute Gasteiger partial charge is 0.315 e. The molecule has 1 aliphatic heterocycles. The summed E-state index contributed by atoms with van der Waals surface area (Å²) in [5.74, 6) is 0.746. The summed E-state index contributed by atoms with van der Waals surface area (Å²) in [5, 5.41) is 19.4. The third-order valence-corrected chi connectivity index (χ3v) is 4.74. The number of nitrogens with one attached hydrogen (secondary N) is 2. The van der Waals surface area contributed by atoms with Gasteiger partial charge in [0.25, 0.3) is 0 Å². The lowest BCUT2D eigenvalue weighted by molar-refractivity contribution is 0.163. The van der Waals surface area contributed by atoms with E-state index in [1.54, 1.807) is 0 Å². The van der Waals surface area contributed by atoms with E-state index in [1.165, 1.54) is 24.2 Å². The summed E-state index contributed by atoms with van der Waals surface area (Å²) in [5.41, 5.74) is 0.848. The SMILES string of the molecule is CC1CCCN(CC(C)NC(=O)NCC(O)c2ccsc2)C1. The molecule has 0 saturated carbocycles. The fourth-order valence-corrected chi connectivity index (χ4v) is 3.64. The van der Waals surface area contributed by atoms with E-state index < -0.39 is 6.10 Å².